The number of carbonyl (C=O) groups is 3. The molecule has 3 aliphatic rings. The van der Waals surface area contributed by atoms with Crippen LogP contribution in [0.2, 0.25) is 0 Å². The van der Waals surface area contributed by atoms with Gasteiger partial charge in [0.1, 0.15) is 11.6 Å². The summed E-state index contributed by atoms with van der Waals surface area (Å²) in [7, 11) is 1.69. The molecule has 9 heteroatoms. The highest BCUT2D eigenvalue weighted by Gasteiger charge is 2.77. The molecule has 3 aliphatic heterocycles. The van der Waals surface area contributed by atoms with Crippen LogP contribution in [0.1, 0.15) is 40.5 Å². The highest BCUT2D eigenvalue weighted by atomic mass is 79.9. The first-order chi connectivity index (χ1) is 16.5. The van der Waals surface area contributed by atoms with Gasteiger partial charge in [-0.25, -0.2) is 0 Å². The Morgan fingerprint density at radius 1 is 1.23 bits per heavy atom. The zero-order valence-corrected chi connectivity index (χ0v) is 23.1. The maximum atomic E-state index is 14.2. The molecule has 3 heterocycles. The molecule has 0 aromatic heterocycles. The lowest BCUT2D eigenvalue weighted by Gasteiger charge is -2.40. The number of ether oxygens (including phenoxy) is 1. The zero-order chi connectivity index (χ0) is 26.2. The summed E-state index contributed by atoms with van der Waals surface area (Å²) in [6.07, 6.45) is 3.78. The van der Waals surface area contributed by atoms with E-state index in [1.165, 1.54) is 0 Å². The van der Waals surface area contributed by atoms with E-state index < -0.39 is 35.6 Å². The van der Waals surface area contributed by atoms with Crippen LogP contribution in [0.4, 0.5) is 0 Å². The number of nitrogens with zero attached hydrogens (tertiary/aromatic N) is 3. The van der Waals surface area contributed by atoms with Gasteiger partial charge in [-0.05, 0) is 32.6 Å². The summed E-state index contributed by atoms with van der Waals surface area (Å²) in [4.78, 5) is 46.5. The predicted molar refractivity (Wildman–Crippen MR) is 138 cm³/mol. The van der Waals surface area contributed by atoms with E-state index in [1.54, 1.807) is 33.9 Å². The molecule has 2 bridgehead atoms. The minimum atomic E-state index is -1.14. The zero-order valence-electron chi connectivity index (χ0n) is 21.5. The molecular weight excluding hydrogens is 514 g/mol. The number of alkyl halides is 1. The summed E-state index contributed by atoms with van der Waals surface area (Å²) in [5, 5.41) is 10.3. The van der Waals surface area contributed by atoms with Crippen LogP contribution in [-0.4, -0.2) is 98.9 Å². The molecule has 3 saturated heterocycles. The number of aliphatic hydroxyl groups excluding tert-OH is 1. The molecule has 0 aromatic rings. The normalized spacial score (nSPS) is 32.2. The van der Waals surface area contributed by atoms with Crippen molar-refractivity contribution in [3.05, 3.63) is 25.3 Å². The Hall–Kier alpha value is -1.71. The summed E-state index contributed by atoms with van der Waals surface area (Å²) in [6, 6.07) is -1.60. The Morgan fingerprint density at radius 3 is 2.37 bits per heavy atom. The van der Waals surface area contributed by atoms with Gasteiger partial charge in [0.2, 0.25) is 17.7 Å². The standard InChI is InChI=1S/C26H40BrN3O5/c1-8-10-28(7)23(32)19-20-24(33)30(17(14-31)12-15(3)4)22(25(34)29(11-9-2)16(5)6)26(20)13-18(27)21(19)35-26/h8-9,15-22,31H,1-2,10-14H2,3-7H3/t17-,18?,19-,20+,21-,22?,26?/m1/s1. The van der Waals surface area contributed by atoms with E-state index in [2.05, 4.69) is 29.1 Å². The Balaban J connectivity index is 2.15. The molecule has 3 unspecified atom stereocenters. The lowest BCUT2D eigenvalue weighted by Crippen LogP contribution is -2.60. The smallest absolute Gasteiger partial charge is 0.248 e. The van der Waals surface area contributed by atoms with Crippen LogP contribution in [0.15, 0.2) is 25.3 Å². The lowest BCUT2D eigenvalue weighted by atomic mass is 9.70. The van der Waals surface area contributed by atoms with Gasteiger partial charge in [-0.2, -0.15) is 0 Å². The molecule has 1 spiro atoms. The number of hydrogen-bond donors (Lipinski definition) is 1. The van der Waals surface area contributed by atoms with Crippen LogP contribution in [0.3, 0.4) is 0 Å². The molecule has 3 amide bonds. The van der Waals surface area contributed by atoms with E-state index in [0.29, 0.717) is 25.9 Å². The van der Waals surface area contributed by atoms with E-state index in [0.717, 1.165) is 0 Å². The van der Waals surface area contributed by atoms with Crippen molar-refractivity contribution in [3.63, 3.8) is 0 Å². The summed E-state index contributed by atoms with van der Waals surface area (Å²) in [6.45, 7) is 15.8. The van der Waals surface area contributed by atoms with Gasteiger partial charge in [0.15, 0.2) is 0 Å². The number of hydrogen-bond acceptors (Lipinski definition) is 5. The molecule has 3 fully saturated rings. The van der Waals surface area contributed by atoms with Crippen molar-refractivity contribution in [1.82, 2.24) is 14.7 Å². The number of aliphatic hydroxyl groups is 1. The lowest BCUT2D eigenvalue weighted by molar-refractivity contribution is -0.153. The molecule has 0 radical (unpaired) electrons. The molecule has 3 rings (SSSR count). The second kappa shape index (κ2) is 10.7. The third-order valence-electron chi connectivity index (χ3n) is 7.61. The van der Waals surface area contributed by atoms with E-state index in [-0.39, 0.29) is 41.1 Å². The van der Waals surface area contributed by atoms with Crippen LogP contribution >= 0.6 is 15.9 Å². The number of amides is 3. The highest BCUT2D eigenvalue weighted by molar-refractivity contribution is 9.09. The topological polar surface area (TPSA) is 90.4 Å². The molecule has 1 N–H and O–H groups in total. The number of rotatable bonds is 11. The minimum absolute atomic E-state index is 0.125. The van der Waals surface area contributed by atoms with Gasteiger partial charge in [-0.15, -0.1) is 13.2 Å². The fraction of sp³-hybridized carbons (Fsp3) is 0.731. The largest absolute Gasteiger partial charge is 0.394 e. The average Bonchev–Trinajstić information content (AvgIpc) is 3.38. The van der Waals surface area contributed by atoms with E-state index in [1.807, 2.05) is 27.7 Å². The van der Waals surface area contributed by atoms with Crippen molar-refractivity contribution >= 4 is 33.7 Å². The van der Waals surface area contributed by atoms with Crippen LogP contribution in [0.25, 0.3) is 0 Å². The quantitative estimate of drug-likeness (QED) is 0.313. The Bertz CT molecular complexity index is 864. The van der Waals surface area contributed by atoms with Gasteiger partial charge in [-0.3, -0.25) is 14.4 Å². The van der Waals surface area contributed by atoms with Crippen LogP contribution in [0.5, 0.6) is 0 Å². The fourth-order valence-corrected chi connectivity index (χ4v) is 7.17. The first-order valence-electron chi connectivity index (χ1n) is 12.5. The molecule has 7 atom stereocenters. The second-order valence-electron chi connectivity index (χ2n) is 10.8. The monoisotopic (exact) mass is 553 g/mol. The summed E-state index contributed by atoms with van der Waals surface area (Å²) < 4.78 is 6.56. The van der Waals surface area contributed by atoms with Crippen molar-refractivity contribution in [2.45, 2.75) is 75.2 Å². The molecule has 0 aliphatic carbocycles. The molecular formula is C26H40BrN3O5. The maximum Gasteiger partial charge on any atom is 0.248 e. The SMILES string of the molecule is C=CCN(C)C(=O)[C@H]1[C@@H]2OC3(CC2Br)C(C(=O)N(CC=C)C(C)C)N([C@@H](CO)CC(C)C)C(=O)[C@H]13. The Kier molecular flexibility index (Phi) is 8.54. The number of likely N-dealkylation sites (tertiary alicyclic amines) is 1. The van der Waals surface area contributed by atoms with E-state index in [9.17, 15) is 19.5 Å². The van der Waals surface area contributed by atoms with Gasteiger partial charge >= 0.3 is 0 Å². The number of likely N-dealkylation sites (N-methyl/N-ethyl adjacent to an activating group) is 1. The molecule has 196 valence electrons. The average molecular weight is 555 g/mol. The third-order valence-corrected chi connectivity index (χ3v) is 8.45. The second-order valence-corrected chi connectivity index (χ2v) is 11.9. The van der Waals surface area contributed by atoms with Crippen molar-refractivity contribution in [3.8, 4) is 0 Å². The summed E-state index contributed by atoms with van der Waals surface area (Å²) >= 11 is 3.69. The molecule has 0 aromatic carbocycles. The maximum absolute atomic E-state index is 14.2. The number of halogens is 1. The molecule has 0 saturated carbocycles. The summed E-state index contributed by atoms with van der Waals surface area (Å²) in [5.74, 6) is -2.00. The van der Waals surface area contributed by atoms with Crippen LogP contribution in [0, 0.1) is 17.8 Å². The predicted octanol–water partition coefficient (Wildman–Crippen LogP) is 2.21. The van der Waals surface area contributed by atoms with Crippen LogP contribution < -0.4 is 0 Å². The van der Waals surface area contributed by atoms with Gasteiger partial charge in [-0.1, -0.05) is 41.9 Å². The molecule has 8 nitrogen and oxygen atoms in total. The fourth-order valence-electron chi connectivity index (χ4n) is 6.23. The van der Waals surface area contributed by atoms with E-state index >= 15 is 0 Å². The third kappa shape index (κ3) is 4.60. The van der Waals surface area contributed by atoms with Crippen molar-refractivity contribution in [2.24, 2.45) is 17.8 Å². The highest BCUT2D eigenvalue weighted by Crippen LogP contribution is 2.61. The van der Waals surface area contributed by atoms with Gasteiger partial charge in [0.25, 0.3) is 0 Å². The summed E-state index contributed by atoms with van der Waals surface area (Å²) in [5.41, 5.74) is -1.14. The Morgan fingerprint density at radius 2 is 1.86 bits per heavy atom. The van der Waals surface area contributed by atoms with Gasteiger partial charge in [0.05, 0.1) is 30.6 Å². The van der Waals surface area contributed by atoms with Crippen LogP contribution in [-0.2, 0) is 19.1 Å². The van der Waals surface area contributed by atoms with E-state index in [4.69, 9.17) is 4.74 Å². The first kappa shape index (κ1) is 27.9. The van der Waals surface area contributed by atoms with Gasteiger partial charge in [0, 0.05) is 31.0 Å². The van der Waals surface area contributed by atoms with Gasteiger partial charge < -0.3 is 24.5 Å². The number of carbonyl (C=O) groups excluding carboxylic acids is 3. The first-order valence-corrected chi connectivity index (χ1v) is 13.4. The van der Waals surface area contributed by atoms with Crippen molar-refractivity contribution in [1.29, 1.82) is 0 Å². The molecule has 35 heavy (non-hydrogen) atoms. The van der Waals surface area contributed by atoms with Crippen molar-refractivity contribution in [2.75, 3.05) is 26.7 Å². The number of fused-ring (bicyclic) bond motifs is 1. The van der Waals surface area contributed by atoms with Crippen molar-refractivity contribution < 1.29 is 24.2 Å². The Labute approximate surface area is 217 Å². The minimum Gasteiger partial charge on any atom is -0.394 e.